The Hall–Kier alpha value is -1.44. The topological polar surface area (TPSA) is 89.9 Å². The van der Waals surface area contributed by atoms with Crippen molar-refractivity contribution < 1.29 is 28.6 Å². The molecule has 0 atom stereocenters. The molecule has 0 aliphatic rings. The zero-order valence-corrected chi connectivity index (χ0v) is 7.82. The van der Waals surface area contributed by atoms with Crippen molar-refractivity contribution >= 4 is 12.0 Å². The lowest BCUT2D eigenvalue weighted by Gasteiger charge is -2.20. The standard InChI is InChI=1S/C7H12F2N2O4/c8-5(9)4-11(1-2-12)7(15)10-3-6(13)14/h5,12H,1-4H2,(H,10,15)(H,13,14). The first-order chi connectivity index (χ1) is 6.97. The number of aliphatic hydroxyl groups excluding tert-OH is 1. The average molecular weight is 226 g/mol. The van der Waals surface area contributed by atoms with Crippen LogP contribution in [0.1, 0.15) is 0 Å². The monoisotopic (exact) mass is 226 g/mol. The summed E-state index contributed by atoms with van der Waals surface area (Å²) in [4.78, 5) is 21.8. The molecule has 0 aromatic heterocycles. The zero-order chi connectivity index (χ0) is 11.8. The molecule has 0 unspecified atom stereocenters. The summed E-state index contributed by atoms with van der Waals surface area (Å²) in [5.74, 6) is -1.27. The van der Waals surface area contributed by atoms with Gasteiger partial charge in [-0.05, 0) is 0 Å². The van der Waals surface area contributed by atoms with Crippen LogP contribution < -0.4 is 5.32 Å². The number of nitrogens with zero attached hydrogens (tertiary/aromatic N) is 1. The molecule has 0 bridgehead atoms. The van der Waals surface area contributed by atoms with Gasteiger partial charge in [-0.3, -0.25) is 4.79 Å². The minimum atomic E-state index is -2.73. The molecule has 0 radical (unpaired) electrons. The first kappa shape index (κ1) is 13.6. The summed E-state index contributed by atoms with van der Waals surface area (Å²) in [5, 5.41) is 18.6. The number of rotatable bonds is 6. The van der Waals surface area contributed by atoms with Gasteiger partial charge in [0.05, 0.1) is 13.2 Å². The molecule has 0 aromatic rings. The number of carbonyl (C=O) groups is 2. The first-order valence-electron chi connectivity index (χ1n) is 4.11. The van der Waals surface area contributed by atoms with E-state index in [9.17, 15) is 18.4 Å². The Morgan fingerprint density at radius 1 is 1.40 bits per heavy atom. The molecule has 0 fully saturated rings. The Balaban J connectivity index is 4.09. The third-order valence-corrected chi connectivity index (χ3v) is 1.41. The van der Waals surface area contributed by atoms with Gasteiger partial charge in [0.15, 0.2) is 0 Å². The van der Waals surface area contributed by atoms with Gasteiger partial charge in [-0.1, -0.05) is 0 Å². The molecule has 3 N–H and O–H groups in total. The van der Waals surface area contributed by atoms with Crippen molar-refractivity contribution in [1.29, 1.82) is 0 Å². The fraction of sp³-hybridized carbons (Fsp3) is 0.714. The molecule has 0 spiro atoms. The lowest BCUT2D eigenvalue weighted by molar-refractivity contribution is -0.135. The lowest BCUT2D eigenvalue weighted by atomic mass is 10.5. The summed E-state index contributed by atoms with van der Waals surface area (Å²) >= 11 is 0. The van der Waals surface area contributed by atoms with E-state index in [1.54, 1.807) is 0 Å². The minimum Gasteiger partial charge on any atom is -0.480 e. The lowest BCUT2D eigenvalue weighted by Crippen LogP contribution is -2.45. The highest BCUT2D eigenvalue weighted by atomic mass is 19.3. The Bertz CT molecular complexity index is 225. The molecule has 6 nitrogen and oxygen atoms in total. The molecule has 0 aliphatic carbocycles. The van der Waals surface area contributed by atoms with Gasteiger partial charge in [0.25, 0.3) is 6.43 Å². The molecule has 0 aliphatic heterocycles. The van der Waals surface area contributed by atoms with Gasteiger partial charge in [0, 0.05) is 6.54 Å². The van der Waals surface area contributed by atoms with E-state index in [0.29, 0.717) is 4.90 Å². The molecule has 88 valence electrons. The number of aliphatic carboxylic acids is 1. The molecule has 15 heavy (non-hydrogen) atoms. The van der Waals surface area contributed by atoms with Crippen LogP contribution in [0.25, 0.3) is 0 Å². The second-order valence-corrected chi connectivity index (χ2v) is 2.61. The van der Waals surface area contributed by atoms with Crippen LogP contribution in [0.4, 0.5) is 13.6 Å². The van der Waals surface area contributed by atoms with E-state index in [0.717, 1.165) is 0 Å². The number of hydrogen-bond acceptors (Lipinski definition) is 3. The molecule has 8 heteroatoms. The largest absolute Gasteiger partial charge is 0.480 e. The van der Waals surface area contributed by atoms with E-state index in [2.05, 4.69) is 0 Å². The number of carbonyl (C=O) groups excluding carboxylic acids is 1. The predicted octanol–water partition coefficient (Wildman–Crippen LogP) is -0.660. The molecule has 0 heterocycles. The third kappa shape index (κ3) is 6.61. The average Bonchev–Trinajstić information content (AvgIpc) is 2.12. The summed E-state index contributed by atoms with van der Waals surface area (Å²) in [6.45, 7) is -2.22. The predicted molar refractivity (Wildman–Crippen MR) is 45.7 cm³/mol. The van der Waals surface area contributed by atoms with Crippen LogP contribution in [0.5, 0.6) is 0 Å². The number of amides is 2. The number of aliphatic hydroxyl groups is 1. The molecule has 0 aromatic carbocycles. The molecule has 2 amide bonds. The van der Waals surface area contributed by atoms with Crippen molar-refractivity contribution in [3.63, 3.8) is 0 Å². The number of hydrogen-bond donors (Lipinski definition) is 3. The Morgan fingerprint density at radius 3 is 2.40 bits per heavy atom. The summed E-state index contributed by atoms with van der Waals surface area (Å²) in [5.41, 5.74) is 0. The second-order valence-electron chi connectivity index (χ2n) is 2.61. The van der Waals surface area contributed by atoms with Crippen molar-refractivity contribution in [3.05, 3.63) is 0 Å². The Labute approximate surface area is 84.5 Å². The van der Waals surface area contributed by atoms with E-state index in [1.807, 2.05) is 5.32 Å². The number of carboxylic acid groups (broad SMARTS) is 1. The Morgan fingerprint density at radius 2 is 2.00 bits per heavy atom. The van der Waals surface area contributed by atoms with E-state index < -0.39 is 38.1 Å². The zero-order valence-electron chi connectivity index (χ0n) is 7.82. The van der Waals surface area contributed by atoms with Gasteiger partial charge in [0.1, 0.15) is 6.54 Å². The third-order valence-electron chi connectivity index (χ3n) is 1.41. The van der Waals surface area contributed by atoms with Gasteiger partial charge >= 0.3 is 12.0 Å². The van der Waals surface area contributed by atoms with E-state index in [1.165, 1.54) is 0 Å². The van der Waals surface area contributed by atoms with Crippen LogP contribution >= 0.6 is 0 Å². The van der Waals surface area contributed by atoms with Crippen LogP contribution in [-0.4, -0.2) is 59.8 Å². The van der Waals surface area contributed by atoms with Crippen molar-refractivity contribution in [2.24, 2.45) is 0 Å². The van der Waals surface area contributed by atoms with Gasteiger partial charge in [0.2, 0.25) is 0 Å². The van der Waals surface area contributed by atoms with E-state index >= 15 is 0 Å². The summed E-state index contributed by atoms with van der Waals surface area (Å²) < 4.78 is 23.9. The number of nitrogens with one attached hydrogen (secondary N) is 1. The maximum Gasteiger partial charge on any atom is 0.323 e. The van der Waals surface area contributed by atoms with Crippen molar-refractivity contribution in [2.75, 3.05) is 26.2 Å². The molecule has 0 saturated heterocycles. The van der Waals surface area contributed by atoms with Gasteiger partial charge in [-0.15, -0.1) is 0 Å². The minimum absolute atomic E-state index is 0.268. The van der Waals surface area contributed by atoms with Crippen LogP contribution in [0.3, 0.4) is 0 Å². The van der Waals surface area contributed by atoms with Gasteiger partial charge < -0.3 is 20.4 Å². The fourth-order valence-corrected chi connectivity index (χ4v) is 0.826. The SMILES string of the molecule is O=C(O)CNC(=O)N(CCO)CC(F)F. The highest BCUT2D eigenvalue weighted by Crippen LogP contribution is 1.98. The van der Waals surface area contributed by atoms with Gasteiger partial charge in [-0.25, -0.2) is 13.6 Å². The number of urea groups is 1. The number of halogens is 2. The van der Waals surface area contributed by atoms with Crippen molar-refractivity contribution in [1.82, 2.24) is 10.2 Å². The summed E-state index contributed by atoms with van der Waals surface area (Å²) in [6, 6.07) is -0.938. The fourth-order valence-electron chi connectivity index (χ4n) is 0.826. The maximum atomic E-state index is 11.9. The molecule has 0 saturated carbocycles. The first-order valence-corrected chi connectivity index (χ1v) is 4.11. The second kappa shape index (κ2) is 6.93. The highest BCUT2D eigenvalue weighted by molar-refractivity contribution is 5.79. The van der Waals surface area contributed by atoms with Crippen molar-refractivity contribution in [2.45, 2.75) is 6.43 Å². The van der Waals surface area contributed by atoms with Crippen LogP contribution in [0, 0.1) is 0 Å². The normalized spacial score (nSPS) is 10.1. The van der Waals surface area contributed by atoms with Crippen LogP contribution in [0.2, 0.25) is 0 Å². The summed E-state index contributed by atoms with van der Waals surface area (Å²) in [7, 11) is 0. The van der Waals surface area contributed by atoms with Crippen molar-refractivity contribution in [3.8, 4) is 0 Å². The maximum absolute atomic E-state index is 11.9. The molecular weight excluding hydrogens is 214 g/mol. The van der Waals surface area contributed by atoms with E-state index in [-0.39, 0.29) is 6.54 Å². The van der Waals surface area contributed by atoms with E-state index in [4.69, 9.17) is 10.2 Å². The Kier molecular flexibility index (Phi) is 6.27. The number of alkyl halides is 2. The van der Waals surface area contributed by atoms with Gasteiger partial charge in [-0.2, -0.15) is 0 Å². The molecular formula is C7H12F2N2O4. The summed E-state index contributed by atoms with van der Waals surface area (Å²) in [6.07, 6.45) is -2.73. The smallest absolute Gasteiger partial charge is 0.323 e. The highest BCUT2D eigenvalue weighted by Gasteiger charge is 2.17. The quantitative estimate of drug-likeness (QED) is 0.561. The number of carboxylic acids is 1. The van der Waals surface area contributed by atoms with Crippen LogP contribution in [-0.2, 0) is 4.79 Å². The molecule has 0 rings (SSSR count). The van der Waals surface area contributed by atoms with Crippen LogP contribution in [0.15, 0.2) is 0 Å².